The predicted molar refractivity (Wildman–Crippen MR) is 161 cm³/mol. The first kappa shape index (κ1) is 29.8. The summed E-state index contributed by atoms with van der Waals surface area (Å²) in [6.07, 6.45) is 3.84. The average Bonchev–Trinajstić information content (AvgIpc) is 3.01. The summed E-state index contributed by atoms with van der Waals surface area (Å²) < 4.78 is 5.75. The third kappa shape index (κ3) is 8.15. The average molecular weight is 557 g/mol. The number of piperidine rings is 1. The molecule has 41 heavy (non-hydrogen) atoms. The van der Waals surface area contributed by atoms with Crippen LogP contribution >= 0.6 is 0 Å². The molecule has 9 nitrogen and oxygen atoms in total. The van der Waals surface area contributed by atoms with E-state index in [-0.39, 0.29) is 25.0 Å². The lowest BCUT2D eigenvalue weighted by Crippen LogP contribution is -2.50. The number of likely N-dealkylation sites (N-methyl/N-ethyl adjacent to an activating group) is 1. The van der Waals surface area contributed by atoms with Gasteiger partial charge in [0.15, 0.2) is 0 Å². The lowest BCUT2D eigenvalue weighted by molar-refractivity contribution is -0.116. The van der Waals surface area contributed by atoms with Gasteiger partial charge in [-0.05, 0) is 56.1 Å². The maximum Gasteiger partial charge on any atom is 0.429 e. The Labute approximate surface area is 242 Å². The number of hydrogen-bond donors (Lipinski definition) is 2. The van der Waals surface area contributed by atoms with Gasteiger partial charge in [0.25, 0.3) is 5.91 Å². The van der Waals surface area contributed by atoms with Crippen LogP contribution < -0.4 is 15.6 Å². The molecule has 0 aromatic heterocycles. The Balaban J connectivity index is 1.42. The van der Waals surface area contributed by atoms with Gasteiger partial charge >= 0.3 is 6.09 Å². The molecule has 9 heteroatoms. The number of carbonyl (C=O) groups excluding carboxylic acids is 3. The van der Waals surface area contributed by atoms with Crippen LogP contribution in [-0.2, 0) is 9.53 Å². The van der Waals surface area contributed by atoms with Crippen LogP contribution in [0.5, 0.6) is 0 Å². The summed E-state index contributed by atoms with van der Waals surface area (Å²) in [4.78, 5) is 40.2. The van der Waals surface area contributed by atoms with Crippen LogP contribution in [0.1, 0.15) is 29.6 Å². The van der Waals surface area contributed by atoms with Crippen molar-refractivity contribution < 1.29 is 19.1 Å². The van der Waals surface area contributed by atoms with Gasteiger partial charge in [-0.25, -0.2) is 14.8 Å². The molecule has 0 bridgehead atoms. The molecule has 3 aromatic rings. The van der Waals surface area contributed by atoms with Gasteiger partial charge in [0.1, 0.15) is 6.61 Å². The number of carbonyl (C=O) groups is 3. The molecule has 4 rings (SSSR count). The second-order valence-corrected chi connectivity index (χ2v) is 9.84. The minimum atomic E-state index is -0.484. The van der Waals surface area contributed by atoms with Crippen molar-refractivity contribution in [3.05, 3.63) is 90.8 Å². The first-order chi connectivity index (χ1) is 20.0. The van der Waals surface area contributed by atoms with Crippen LogP contribution in [0.2, 0.25) is 0 Å². The number of para-hydroxylation sites is 1. The number of anilines is 2. The van der Waals surface area contributed by atoms with Gasteiger partial charge in [0.05, 0.1) is 12.2 Å². The highest BCUT2D eigenvalue weighted by molar-refractivity contribution is 5.97. The van der Waals surface area contributed by atoms with Gasteiger partial charge in [0, 0.05) is 49.9 Å². The van der Waals surface area contributed by atoms with E-state index in [1.54, 1.807) is 43.4 Å². The van der Waals surface area contributed by atoms with Gasteiger partial charge in [-0.3, -0.25) is 9.59 Å². The first-order valence-corrected chi connectivity index (χ1v) is 14.0. The Morgan fingerprint density at radius 3 is 2.41 bits per heavy atom. The Bertz CT molecular complexity index is 1310. The van der Waals surface area contributed by atoms with Crippen LogP contribution in [0, 0.1) is 6.42 Å². The number of nitrogens with one attached hydrogen (secondary N) is 2. The van der Waals surface area contributed by atoms with E-state index in [4.69, 9.17) is 4.74 Å². The SMILES string of the molecule is CNCCC(=O)Nc1cccc(C(=O)N(C)CCOC(=O)N(c2ccccc2-c2ccccc2)N2CC[CH]CC2)c1. The van der Waals surface area contributed by atoms with E-state index in [0.29, 0.717) is 37.3 Å². The molecule has 215 valence electrons. The van der Waals surface area contributed by atoms with E-state index in [9.17, 15) is 14.4 Å². The van der Waals surface area contributed by atoms with Gasteiger partial charge in [0.2, 0.25) is 5.91 Å². The molecular formula is C32H38N5O4. The summed E-state index contributed by atoms with van der Waals surface area (Å²) in [5.74, 6) is -0.362. The highest BCUT2D eigenvalue weighted by Gasteiger charge is 2.28. The fourth-order valence-electron chi connectivity index (χ4n) is 4.67. The van der Waals surface area contributed by atoms with Crippen molar-refractivity contribution >= 4 is 29.3 Å². The molecule has 0 atom stereocenters. The molecule has 3 aromatic carbocycles. The molecule has 0 unspecified atom stereocenters. The smallest absolute Gasteiger partial charge is 0.429 e. The maximum absolute atomic E-state index is 13.6. The number of benzene rings is 3. The first-order valence-electron chi connectivity index (χ1n) is 14.0. The molecule has 1 saturated heterocycles. The van der Waals surface area contributed by atoms with Crippen LogP contribution in [0.3, 0.4) is 0 Å². The summed E-state index contributed by atoms with van der Waals surface area (Å²) in [5.41, 5.74) is 3.69. The van der Waals surface area contributed by atoms with Crippen molar-refractivity contribution in [1.29, 1.82) is 0 Å². The van der Waals surface area contributed by atoms with Crippen molar-refractivity contribution in [2.45, 2.75) is 19.3 Å². The molecule has 1 radical (unpaired) electrons. The van der Waals surface area contributed by atoms with Crippen LogP contribution in [0.4, 0.5) is 16.2 Å². The van der Waals surface area contributed by atoms with Gasteiger partial charge in [-0.1, -0.05) is 54.6 Å². The Hall–Kier alpha value is -4.21. The summed E-state index contributed by atoms with van der Waals surface area (Å²) in [6, 6.07) is 24.6. The zero-order chi connectivity index (χ0) is 29.0. The van der Waals surface area contributed by atoms with Crippen LogP contribution in [0.15, 0.2) is 78.9 Å². The summed E-state index contributed by atoms with van der Waals surface area (Å²) in [7, 11) is 3.45. The minimum Gasteiger partial charge on any atom is -0.446 e. The molecule has 0 spiro atoms. The van der Waals surface area contributed by atoms with Crippen molar-refractivity contribution in [2.75, 3.05) is 57.2 Å². The Morgan fingerprint density at radius 1 is 0.927 bits per heavy atom. The Morgan fingerprint density at radius 2 is 1.66 bits per heavy atom. The molecule has 1 aliphatic heterocycles. The number of amides is 3. The zero-order valence-electron chi connectivity index (χ0n) is 23.7. The number of hydrazine groups is 1. The standard InChI is InChI=1S/C32H38N5O4/c1-33-19-18-30(38)34-27-15-11-14-26(24-27)31(39)35(2)22-23-41-32(40)37(36-20-9-4-10-21-36)29-17-8-7-16-28(29)25-12-5-3-6-13-25/h3-8,11-17,24,33H,9-10,18-23H2,1-2H3,(H,34,38). The van der Waals surface area contributed by atoms with Crippen LogP contribution in [-0.4, -0.2) is 74.7 Å². The van der Waals surface area contributed by atoms with Crippen molar-refractivity contribution in [2.24, 2.45) is 0 Å². The maximum atomic E-state index is 13.6. The van der Waals surface area contributed by atoms with E-state index < -0.39 is 6.09 Å². The van der Waals surface area contributed by atoms with E-state index in [1.807, 2.05) is 59.6 Å². The predicted octanol–water partition coefficient (Wildman–Crippen LogP) is 4.83. The van der Waals surface area contributed by atoms with Gasteiger partial charge < -0.3 is 20.3 Å². The van der Waals surface area contributed by atoms with E-state index in [1.165, 1.54) is 4.90 Å². The Kier molecular flexibility index (Phi) is 10.9. The number of rotatable bonds is 11. The second-order valence-electron chi connectivity index (χ2n) is 9.84. The lowest BCUT2D eigenvalue weighted by atomic mass is 10.0. The van der Waals surface area contributed by atoms with E-state index in [0.717, 1.165) is 29.7 Å². The third-order valence-electron chi connectivity index (χ3n) is 6.85. The second kappa shape index (κ2) is 15.0. The largest absolute Gasteiger partial charge is 0.446 e. The molecular weight excluding hydrogens is 518 g/mol. The lowest BCUT2D eigenvalue weighted by Gasteiger charge is -2.37. The van der Waals surface area contributed by atoms with Crippen molar-refractivity contribution in [1.82, 2.24) is 15.2 Å². The van der Waals surface area contributed by atoms with E-state index in [2.05, 4.69) is 17.1 Å². The minimum absolute atomic E-state index is 0.0332. The monoisotopic (exact) mass is 556 g/mol. The summed E-state index contributed by atoms with van der Waals surface area (Å²) in [6.45, 7) is 2.23. The zero-order valence-corrected chi connectivity index (χ0v) is 23.7. The molecule has 0 aliphatic carbocycles. The molecule has 3 amide bonds. The van der Waals surface area contributed by atoms with Crippen molar-refractivity contribution in [3.8, 4) is 11.1 Å². The highest BCUT2D eigenvalue weighted by atomic mass is 16.6. The summed E-state index contributed by atoms with van der Waals surface area (Å²) >= 11 is 0. The van der Waals surface area contributed by atoms with E-state index >= 15 is 0 Å². The molecule has 2 N–H and O–H groups in total. The molecule has 1 fully saturated rings. The number of nitrogens with zero attached hydrogens (tertiary/aromatic N) is 3. The topological polar surface area (TPSA) is 94.2 Å². The molecule has 1 heterocycles. The fourth-order valence-corrected chi connectivity index (χ4v) is 4.67. The number of hydrogen-bond acceptors (Lipinski definition) is 6. The highest BCUT2D eigenvalue weighted by Crippen LogP contribution is 2.33. The number of ether oxygens (including phenoxy) is 1. The van der Waals surface area contributed by atoms with Gasteiger partial charge in [-0.2, -0.15) is 0 Å². The quantitative estimate of drug-likeness (QED) is 0.351. The third-order valence-corrected chi connectivity index (χ3v) is 6.85. The van der Waals surface area contributed by atoms with Crippen LogP contribution in [0.25, 0.3) is 11.1 Å². The fraction of sp³-hybridized carbons (Fsp3) is 0.312. The molecule has 0 saturated carbocycles. The van der Waals surface area contributed by atoms with Gasteiger partial charge in [-0.15, -0.1) is 0 Å². The normalized spacial score (nSPS) is 13.3. The molecule has 1 aliphatic rings. The summed E-state index contributed by atoms with van der Waals surface area (Å²) in [5, 5.41) is 9.41. The van der Waals surface area contributed by atoms with Crippen molar-refractivity contribution in [3.63, 3.8) is 0 Å².